The average Bonchev–Trinajstić information content (AvgIpc) is 2.56. The predicted octanol–water partition coefficient (Wildman–Crippen LogP) is -0.315. The summed E-state index contributed by atoms with van der Waals surface area (Å²) in [5.41, 5.74) is 5.24. The first-order valence-corrected chi connectivity index (χ1v) is 8.03. The molecule has 4 N–H and O–H groups in total. The Hall–Kier alpha value is -2.48. The lowest BCUT2D eigenvalue weighted by Gasteiger charge is -2.24. The Kier molecular flexibility index (Phi) is 6.25. The third-order valence-electron chi connectivity index (χ3n) is 4.02. The minimum absolute atomic E-state index is 0.138. The Morgan fingerprint density at radius 1 is 1.12 bits per heavy atom. The van der Waals surface area contributed by atoms with Gasteiger partial charge in [0.25, 0.3) is 5.56 Å². The van der Waals surface area contributed by atoms with Crippen molar-refractivity contribution in [3.63, 3.8) is 0 Å². The molecule has 3 heterocycles. The summed E-state index contributed by atoms with van der Waals surface area (Å²) in [7, 11) is 0. The summed E-state index contributed by atoms with van der Waals surface area (Å²) >= 11 is 0. The molecule has 130 valence electrons. The Morgan fingerprint density at radius 3 is 2.21 bits per heavy atom. The van der Waals surface area contributed by atoms with Crippen molar-refractivity contribution in [3.8, 4) is 0 Å². The first kappa shape index (κ1) is 17.9. The quantitative estimate of drug-likeness (QED) is 0.640. The lowest BCUT2D eigenvalue weighted by atomic mass is 10.1. The van der Waals surface area contributed by atoms with Crippen LogP contribution in [0.15, 0.2) is 23.1 Å². The van der Waals surface area contributed by atoms with Gasteiger partial charge in [-0.2, -0.15) is 0 Å². The molecule has 0 atom stereocenters. The summed E-state index contributed by atoms with van der Waals surface area (Å²) in [6.45, 7) is 1.85. The van der Waals surface area contributed by atoms with Crippen LogP contribution in [0.25, 0.3) is 0 Å². The zero-order valence-electron chi connectivity index (χ0n) is 13.4. The summed E-state index contributed by atoms with van der Waals surface area (Å²) in [5, 5.41) is 5.45. The minimum Gasteiger partial charge on any atom is -0.366 e. The molecule has 2 fully saturated rings. The van der Waals surface area contributed by atoms with Crippen molar-refractivity contribution < 1.29 is 14.4 Å². The predicted molar refractivity (Wildman–Crippen MR) is 87.4 cm³/mol. The van der Waals surface area contributed by atoms with Crippen LogP contribution in [-0.4, -0.2) is 35.4 Å². The smallest absolute Gasteiger partial charge is 0.251 e. The van der Waals surface area contributed by atoms with E-state index in [9.17, 15) is 19.2 Å². The fraction of sp³-hybridized carbons (Fsp3) is 0.500. The van der Waals surface area contributed by atoms with Gasteiger partial charge in [0, 0.05) is 36.7 Å². The van der Waals surface area contributed by atoms with E-state index in [4.69, 9.17) is 5.73 Å². The van der Waals surface area contributed by atoms with Crippen LogP contribution in [0.2, 0.25) is 0 Å². The van der Waals surface area contributed by atoms with Crippen molar-refractivity contribution in [1.29, 1.82) is 0 Å². The van der Waals surface area contributed by atoms with Crippen molar-refractivity contribution in [2.75, 3.05) is 13.1 Å². The summed E-state index contributed by atoms with van der Waals surface area (Å²) in [6, 6.07) is 3.14. The van der Waals surface area contributed by atoms with Gasteiger partial charge in [0.2, 0.25) is 17.7 Å². The van der Waals surface area contributed by atoms with Gasteiger partial charge in [-0.3, -0.25) is 24.5 Å². The molecule has 0 radical (unpaired) electrons. The maximum atomic E-state index is 11.8. The molecule has 0 bridgehead atoms. The Bertz CT molecular complexity index is 663. The number of carbonyl (C=O) groups is 3. The third kappa shape index (κ3) is 5.02. The maximum Gasteiger partial charge on any atom is 0.251 e. The molecule has 2 saturated heterocycles. The highest BCUT2D eigenvalue weighted by Gasteiger charge is 2.16. The second-order valence-corrected chi connectivity index (χ2v) is 5.83. The molecule has 3 amide bonds. The number of pyridine rings is 1. The van der Waals surface area contributed by atoms with Gasteiger partial charge in [-0.1, -0.05) is 0 Å². The van der Waals surface area contributed by atoms with E-state index >= 15 is 0 Å². The molecule has 0 aromatic carbocycles. The summed E-state index contributed by atoms with van der Waals surface area (Å²) in [6.07, 6.45) is 5.27. The summed E-state index contributed by atoms with van der Waals surface area (Å²) < 4.78 is 1.69. The number of imide groups is 1. The van der Waals surface area contributed by atoms with Crippen molar-refractivity contribution >= 4 is 17.7 Å². The molecule has 8 nitrogen and oxygen atoms in total. The van der Waals surface area contributed by atoms with Gasteiger partial charge in [0.15, 0.2) is 0 Å². The molecule has 24 heavy (non-hydrogen) atoms. The molecule has 0 spiro atoms. The van der Waals surface area contributed by atoms with Crippen molar-refractivity contribution in [1.82, 2.24) is 15.2 Å². The lowest BCUT2D eigenvalue weighted by Crippen LogP contribution is -2.34. The van der Waals surface area contributed by atoms with Gasteiger partial charge in [-0.15, -0.1) is 0 Å². The van der Waals surface area contributed by atoms with Crippen LogP contribution in [0.3, 0.4) is 0 Å². The van der Waals surface area contributed by atoms with Gasteiger partial charge in [-0.25, -0.2) is 0 Å². The second-order valence-electron chi connectivity index (χ2n) is 5.83. The highest BCUT2D eigenvalue weighted by atomic mass is 16.2. The monoisotopic (exact) mass is 334 g/mol. The van der Waals surface area contributed by atoms with Gasteiger partial charge in [0.05, 0.1) is 0 Å². The number of aromatic nitrogens is 1. The van der Waals surface area contributed by atoms with E-state index in [1.807, 2.05) is 0 Å². The van der Waals surface area contributed by atoms with Gasteiger partial charge in [-0.05, 0) is 38.4 Å². The molecule has 0 saturated carbocycles. The number of piperidine rings is 2. The van der Waals surface area contributed by atoms with E-state index in [1.165, 1.54) is 6.07 Å². The van der Waals surface area contributed by atoms with Crippen LogP contribution in [0.4, 0.5) is 0 Å². The molecule has 2 aliphatic heterocycles. The largest absolute Gasteiger partial charge is 0.366 e. The molecule has 0 aliphatic carbocycles. The van der Waals surface area contributed by atoms with Crippen LogP contribution in [0.5, 0.6) is 0 Å². The number of nitrogens with one attached hydrogen (secondary N) is 2. The van der Waals surface area contributed by atoms with Crippen LogP contribution in [-0.2, 0) is 9.59 Å². The van der Waals surface area contributed by atoms with Crippen molar-refractivity contribution in [2.24, 2.45) is 5.73 Å². The number of amides is 3. The summed E-state index contributed by atoms with van der Waals surface area (Å²) in [5.74, 6) is -0.836. The lowest BCUT2D eigenvalue weighted by molar-refractivity contribution is -0.132. The second kappa shape index (κ2) is 8.39. The first-order valence-electron chi connectivity index (χ1n) is 8.03. The van der Waals surface area contributed by atoms with Crippen LogP contribution < -0.4 is 21.9 Å². The highest BCUT2D eigenvalue weighted by Crippen LogP contribution is 2.16. The molecule has 8 heteroatoms. The Labute approximate surface area is 139 Å². The highest BCUT2D eigenvalue weighted by molar-refractivity contribution is 5.97. The zero-order valence-corrected chi connectivity index (χ0v) is 13.4. The SMILES string of the molecule is NC(=O)c1ccn(C2CCNCC2)c(=O)c1.O=C1CCCC(=O)N1. The van der Waals surface area contributed by atoms with Gasteiger partial charge < -0.3 is 15.6 Å². The number of rotatable bonds is 2. The van der Waals surface area contributed by atoms with Crippen LogP contribution >= 0.6 is 0 Å². The molecular formula is C16H22N4O4. The fourth-order valence-electron chi connectivity index (χ4n) is 2.72. The number of primary amides is 1. The van der Waals surface area contributed by atoms with Gasteiger partial charge in [0.1, 0.15) is 0 Å². The van der Waals surface area contributed by atoms with Crippen molar-refractivity contribution in [2.45, 2.75) is 38.1 Å². The van der Waals surface area contributed by atoms with E-state index in [1.54, 1.807) is 16.8 Å². The molecule has 1 aromatic rings. The molecule has 1 aromatic heterocycles. The number of nitrogens with two attached hydrogens (primary N) is 1. The van der Waals surface area contributed by atoms with Gasteiger partial charge >= 0.3 is 0 Å². The fourth-order valence-corrected chi connectivity index (χ4v) is 2.72. The number of hydrogen-bond donors (Lipinski definition) is 3. The number of nitrogens with zero attached hydrogens (tertiary/aromatic N) is 1. The Balaban J connectivity index is 0.000000219. The van der Waals surface area contributed by atoms with E-state index in [-0.39, 0.29) is 29.0 Å². The number of hydrogen-bond acceptors (Lipinski definition) is 5. The number of carbonyl (C=O) groups excluding carboxylic acids is 3. The minimum atomic E-state index is -0.561. The third-order valence-corrected chi connectivity index (χ3v) is 4.02. The first-order chi connectivity index (χ1) is 11.5. The topological polar surface area (TPSA) is 123 Å². The molecule has 2 aliphatic rings. The van der Waals surface area contributed by atoms with Crippen LogP contribution in [0.1, 0.15) is 48.5 Å². The zero-order chi connectivity index (χ0) is 17.5. The average molecular weight is 334 g/mol. The molecule has 0 unspecified atom stereocenters. The van der Waals surface area contributed by atoms with Crippen molar-refractivity contribution in [3.05, 3.63) is 34.2 Å². The molecular weight excluding hydrogens is 312 g/mol. The van der Waals surface area contributed by atoms with E-state index in [0.717, 1.165) is 25.9 Å². The van der Waals surface area contributed by atoms with E-state index < -0.39 is 5.91 Å². The standard InChI is InChI=1S/C11H15N3O2.C5H7NO2/c12-11(16)8-3-6-14(10(15)7-8)9-1-4-13-5-2-9;7-4-2-1-3-5(8)6-4/h3,6-7,9,13H,1-2,4-5H2,(H2,12,16);1-3H2,(H,6,7,8). The van der Waals surface area contributed by atoms with E-state index in [2.05, 4.69) is 10.6 Å². The van der Waals surface area contributed by atoms with E-state index in [0.29, 0.717) is 19.3 Å². The maximum absolute atomic E-state index is 11.8. The normalized spacial score (nSPS) is 18.3. The Morgan fingerprint density at radius 2 is 1.75 bits per heavy atom. The van der Waals surface area contributed by atoms with Crippen LogP contribution in [0, 0.1) is 0 Å². The molecule has 3 rings (SSSR count). The summed E-state index contributed by atoms with van der Waals surface area (Å²) in [4.78, 5) is 43.4.